The molecule has 0 unspecified atom stereocenters. The first-order chi connectivity index (χ1) is 35.9. The van der Waals surface area contributed by atoms with Crippen LogP contribution in [-0.4, -0.2) is 119 Å². The van der Waals surface area contributed by atoms with Crippen LogP contribution in [0.5, 0.6) is 5.75 Å². The summed E-state index contributed by atoms with van der Waals surface area (Å²) in [6, 6.07) is 9.68. The van der Waals surface area contributed by atoms with E-state index in [1.165, 1.54) is 0 Å². The molecule has 396 valence electrons. The Balaban J connectivity index is 0.762. The van der Waals surface area contributed by atoms with E-state index in [9.17, 15) is 29.1 Å². The Morgan fingerprint density at radius 2 is 1.75 bits per heavy atom. The zero-order chi connectivity index (χ0) is 52.9. The number of aliphatic carboxylic acids is 1. The van der Waals surface area contributed by atoms with Gasteiger partial charge in [-0.3, -0.25) is 33.5 Å². The van der Waals surface area contributed by atoms with Crippen molar-refractivity contribution in [3.63, 3.8) is 0 Å². The van der Waals surface area contributed by atoms with Gasteiger partial charge in [-0.15, -0.1) is 26.6 Å². The lowest BCUT2D eigenvalue weighted by molar-refractivity contribution is -0.162. The number of aliphatic imine (C=N–C) groups is 1. The number of aryl methyl sites for hydroxylation is 3. The van der Waals surface area contributed by atoms with Gasteiger partial charge in [-0.25, -0.2) is 4.68 Å². The van der Waals surface area contributed by atoms with E-state index in [2.05, 4.69) is 45.0 Å². The number of nitrogens with one attached hydrogen (secondary N) is 2. The summed E-state index contributed by atoms with van der Waals surface area (Å²) in [6.07, 6.45) is 5.21. The predicted octanol–water partition coefficient (Wildman–Crippen LogP) is 6.72. The molecule has 4 atom stereocenters. The van der Waals surface area contributed by atoms with E-state index in [4.69, 9.17) is 37.7 Å². The minimum absolute atomic E-state index is 0.00810. The number of carbonyl (C=O) groups excluding carboxylic acids is 4. The zero-order valence-electron chi connectivity index (χ0n) is 42.7. The van der Waals surface area contributed by atoms with Crippen molar-refractivity contribution in [2.45, 2.75) is 111 Å². The number of thiophene rings is 1. The summed E-state index contributed by atoms with van der Waals surface area (Å²) in [4.78, 5) is 77.4. The van der Waals surface area contributed by atoms with E-state index in [0.29, 0.717) is 83.2 Å². The molecule has 0 bridgehead atoms. The van der Waals surface area contributed by atoms with Gasteiger partial charge in [0, 0.05) is 71.3 Å². The van der Waals surface area contributed by atoms with E-state index in [1.54, 1.807) is 47.0 Å². The van der Waals surface area contributed by atoms with Gasteiger partial charge in [0.1, 0.15) is 34.9 Å². The molecule has 3 aromatic heterocycles. The lowest BCUT2D eigenvalue weighted by Crippen LogP contribution is -2.52. The standard InChI is InChI=1S/C53H61Cl2N11O8S/c1-29-30(2)75-50-45(29)47(32-9-11-33(54)12-10-32)58-37(48-61-59-31(3)66(48)50)22-42(67)57-24-43(68)56-19-21-73-27-40-38(60-62-63(40)5)26-74-41-14-13-36(55)34-15-20-65(49(70)35-8-6-7-16-52(35,4)51(71)72)39(46(34)41)25-64-28-53(17-18-53)23-44(64)69/h9-14,35,37,39H,6-8,15-28H2,1-5H3,(H,56,68)(H,57,67)(H,71,72)/t35-,37-,39+,52-/m0/s1. The molecule has 1 spiro atoms. The number of carbonyl (C=O) groups is 5. The number of rotatable bonds is 17. The average molecular weight is 1080 g/mol. The molecular weight excluding hydrogens is 1020 g/mol. The molecule has 5 aromatic rings. The maximum absolute atomic E-state index is 14.8. The first kappa shape index (κ1) is 52.2. The Labute approximate surface area is 448 Å². The van der Waals surface area contributed by atoms with Gasteiger partial charge in [-0.2, -0.15) is 0 Å². The molecule has 3 aliphatic heterocycles. The summed E-state index contributed by atoms with van der Waals surface area (Å²) in [5.41, 5.74) is 5.06. The van der Waals surface area contributed by atoms with Gasteiger partial charge >= 0.3 is 5.97 Å². The minimum atomic E-state index is -1.21. The second-order valence-electron chi connectivity index (χ2n) is 20.9. The van der Waals surface area contributed by atoms with Crippen molar-refractivity contribution < 1.29 is 38.6 Å². The first-order valence-corrected chi connectivity index (χ1v) is 27.1. The fraction of sp³-hybridized carbons (Fsp3) is 0.509. The Bertz CT molecular complexity index is 3110. The summed E-state index contributed by atoms with van der Waals surface area (Å²) >= 11 is 14.8. The third-order valence-electron chi connectivity index (χ3n) is 16.0. The number of halogens is 2. The van der Waals surface area contributed by atoms with Crippen LogP contribution >= 0.6 is 34.5 Å². The molecule has 2 saturated carbocycles. The van der Waals surface area contributed by atoms with Crippen molar-refractivity contribution in [1.82, 2.24) is 50.2 Å². The smallest absolute Gasteiger partial charge is 0.310 e. The second-order valence-corrected chi connectivity index (χ2v) is 22.9. The Morgan fingerprint density at radius 1 is 0.960 bits per heavy atom. The molecule has 10 rings (SSSR count). The maximum Gasteiger partial charge on any atom is 0.310 e. The third kappa shape index (κ3) is 10.3. The van der Waals surface area contributed by atoms with Crippen LogP contribution in [0.1, 0.15) is 126 Å². The first-order valence-electron chi connectivity index (χ1n) is 25.6. The van der Waals surface area contributed by atoms with Gasteiger partial charge in [0.05, 0.1) is 55.0 Å². The molecule has 2 aromatic carbocycles. The molecule has 1 saturated heterocycles. The SMILES string of the molecule is Cc1sc2c(c1C)C(c1ccc(Cl)cc1)=N[C@@H](CC(=O)NCC(=O)NCCOCc1c(COc3ccc(Cl)c4c3[C@@H](CN3CC5(CC5)CC3=O)N(C(=O)[C@@H]3CCCC[C@]3(C)C(=O)O)CC4)nnn1C)c1nnc(C)n1-2. The Hall–Kier alpha value is -6.22. The van der Waals surface area contributed by atoms with E-state index in [1.807, 2.05) is 40.7 Å². The number of ether oxygens (including phenoxy) is 2. The fourth-order valence-electron chi connectivity index (χ4n) is 11.3. The lowest BCUT2D eigenvalue weighted by Gasteiger charge is -2.45. The molecular formula is C53H61Cl2N11O8S. The highest BCUT2D eigenvalue weighted by molar-refractivity contribution is 7.15. The molecule has 4 amide bonds. The third-order valence-corrected chi connectivity index (χ3v) is 17.8. The number of likely N-dealkylation sites (tertiary alicyclic amines) is 1. The number of hydrogen-bond acceptors (Lipinski definition) is 13. The number of hydrogen-bond donors (Lipinski definition) is 3. The van der Waals surface area contributed by atoms with Crippen molar-refractivity contribution in [1.29, 1.82) is 0 Å². The van der Waals surface area contributed by atoms with Crippen LogP contribution in [0.4, 0.5) is 0 Å². The maximum atomic E-state index is 14.8. The highest BCUT2D eigenvalue weighted by Gasteiger charge is 2.54. The van der Waals surface area contributed by atoms with Crippen LogP contribution < -0.4 is 15.4 Å². The van der Waals surface area contributed by atoms with Gasteiger partial charge in [0.25, 0.3) is 0 Å². The molecule has 3 fully saturated rings. The van der Waals surface area contributed by atoms with Gasteiger partial charge in [-0.05, 0) is 101 Å². The molecule has 2 aliphatic carbocycles. The van der Waals surface area contributed by atoms with Crippen molar-refractivity contribution >= 4 is 69.8 Å². The largest absolute Gasteiger partial charge is 0.487 e. The summed E-state index contributed by atoms with van der Waals surface area (Å²) in [7, 11) is 1.74. The summed E-state index contributed by atoms with van der Waals surface area (Å²) in [6.45, 7) is 8.98. The van der Waals surface area contributed by atoms with Crippen molar-refractivity contribution in [2.75, 3.05) is 39.3 Å². The topological polar surface area (TPSA) is 228 Å². The monoisotopic (exact) mass is 1080 g/mol. The second kappa shape index (κ2) is 21.1. The molecule has 22 heteroatoms. The van der Waals surface area contributed by atoms with E-state index >= 15 is 0 Å². The van der Waals surface area contributed by atoms with Gasteiger partial charge in [-0.1, -0.05) is 53.4 Å². The van der Waals surface area contributed by atoms with Crippen LogP contribution in [0.25, 0.3) is 5.00 Å². The van der Waals surface area contributed by atoms with Crippen molar-refractivity contribution in [2.24, 2.45) is 28.8 Å². The summed E-state index contributed by atoms with van der Waals surface area (Å²) in [5, 5.41) is 35.4. The highest BCUT2D eigenvalue weighted by atomic mass is 35.5. The van der Waals surface area contributed by atoms with Gasteiger partial charge < -0.3 is 35.0 Å². The Kier molecular flexibility index (Phi) is 14.7. The number of fused-ring (bicyclic) bond motifs is 4. The molecule has 3 N–H and O–H groups in total. The van der Waals surface area contributed by atoms with Gasteiger partial charge in [0.15, 0.2) is 5.82 Å². The van der Waals surface area contributed by atoms with Crippen LogP contribution in [0.3, 0.4) is 0 Å². The fourth-order valence-corrected chi connectivity index (χ4v) is 12.9. The molecule has 75 heavy (non-hydrogen) atoms. The van der Waals surface area contributed by atoms with Crippen LogP contribution in [0, 0.1) is 37.5 Å². The Morgan fingerprint density at radius 3 is 2.49 bits per heavy atom. The molecule has 0 radical (unpaired) electrons. The normalized spacial score (nSPS) is 21.5. The predicted molar refractivity (Wildman–Crippen MR) is 279 cm³/mol. The zero-order valence-corrected chi connectivity index (χ0v) is 45.0. The van der Waals surface area contributed by atoms with Crippen LogP contribution in [0.2, 0.25) is 10.0 Å². The number of benzene rings is 2. The quantitative estimate of drug-likeness (QED) is 0.0825. The lowest BCUT2D eigenvalue weighted by atomic mass is 9.66. The number of amides is 4. The van der Waals surface area contributed by atoms with E-state index in [0.717, 1.165) is 63.5 Å². The number of carboxylic acids is 1. The van der Waals surface area contributed by atoms with Crippen LogP contribution in [0.15, 0.2) is 41.4 Å². The molecule has 6 heterocycles. The number of carboxylic acid groups (broad SMARTS) is 1. The number of nitrogens with zero attached hydrogens (tertiary/aromatic N) is 9. The average Bonchev–Trinajstić information content (AvgIpc) is 3.59. The minimum Gasteiger partial charge on any atom is -0.487 e. The molecule has 5 aliphatic rings. The highest BCUT2D eigenvalue weighted by Crippen LogP contribution is 2.54. The van der Waals surface area contributed by atoms with Crippen molar-refractivity contribution in [3.8, 4) is 10.8 Å². The van der Waals surface area contributed by atoms with Gasteiger partial charge in [0.2, 0.25) is 23.6 Å². The number of aromatic nitrogens is 6. The summed E-state index contributed by atoms with van der Waals surface area (Å²) < 4.78 is 16.1. The van der Waals surface area contributed by atoms with Crippen LogP contribution in [-0.2, 0) is 55.4 Å². The van der Waals surface area contributed by atoms with Crippen molar-refractivity contribution in [3.05, 3.63) is 102 Å². The van der Waals surface area contributed by atoms with E-state index < -0.39 is 35.3 Å². The van der Waals surface area contributed by atoms with E-state index in [-0.39, 0.29) is 69.0 Å². The molecule has 19 nitrogen and oxygen atoms in total. The summed E-state index contributed by atoms with van der Waals surface area (Å²) in [5.74, 6) is -0.969.